The Kier molecular flexibility index (Phi) is 6.70. The Hall–Kier alpha value is -2.56. The first-order valence-electron chi connectivity index (χ1n) is 9.68. The van der Waals surface area contributed by atoms with Gasteiger partial charge in [0.1, 0.15) is 28.4 Å². The number of aromatic hydroxyl groups is 1. The molecule has 1 atom stereocenters. The minimum absolute atomic E-state index is 0.0970. The molecule has 5 heteroatoms. The monoisotopic (exact) mass is 386 g/mol. The SMILES string of the molecule is CC(=CCC[C@@]1(C)C=Cc2c(cc(C)c(C(=O)O)c2O)O1)CC(=O)CC(C)C. The van der Waals surface area contributed by atoms with Crippen molar-refractivity contribution in [1.82, 2.24) is 0 Å². The summed E-state index contributed by atoms with van der Waals surface area (Å²) in [5.41, 5.74) is 1.26. The first-order chi connectivity index (χ1) is 13.0. The molecule has 28 heavy (non-hydrogen) atoms. The topological polar surface area (TPSA) is 83.8 Å². The first kappa shape index (κ1) is 21.7. The summed E-state index contributed by atoms with van der Waals surface area (Å²) >= 11 is 0. The number of ether oxygens (including phenoxy) is 1. The van der Waals surface area contributed by atoms with Gasteiger partial charge in [-0.15, -0.1) is 0 Å². The molecule has 1 aliphatic rings. The Balaban J connectivity index is 2.06. The molecule has 2 rings (SSSR count). The minimum atomic E-state index is -1.16. The van der Waals surface area contributed by atoms with Gasteiger partial charge in [-0.05, 0) is 63.3 Å². The molecule has 0 saturated heterocycles. The molecule has 1 aromatic rings. The molecule has 152 valence electrons. The number of phenols is 1. The third-order valence-electron chi connectivity index (χ3n) is 4.90. The number of allylic oxidation sites excluding steroid dienone is 2. The van der Waals surface area contributed by atoms with Gasteiger partial charge in [0.05, 0.1) is 5.56 Å². The Morgan fingerprint density at radius 3 is 2.61 bits per heavy atom. The van der Waals surface area contributed by atoms with Gasteiger partial charge in [-0.2, -0.15) is 0 Å². The molecule has 1 heterocycles. The van der Waals surface area contributed by atoms with Crippen LogP contribution in [0.1, 0.15) is 74.9 Å². The number of carboxylic acid groups (broad SMARTS) is 1. The van der Waals surface area contributed by atoms with Crippen LogP contribution in [-0.2, 0) is 4.79 Å². The lowest BCUT2D eigenvalue weighted by Crippen LogP contribution is -2.31. The van der Waals surface area contributed by atoms with E-state index in [1.807, 2.05) is 33.8 Å². The van der Waals surface area contributed by atoms with Crippen molar-refractivity contribution in [1.29, 1.82) is 0 Å². The van der Waals surface area contributed by atoms with E-state index in [1.165, 1.54) is 0 Å². The van der Waals surface area contributed by atoms with Crippen molar-refractivity contribution in [2.24, 2.45) is 5.92 Å². The molecule has 2 N–H and O–H groups in total. The highest BCUT2D eigenvalue weighted by Gasteiger charge is 2.30. The first-order valence-corrected chi connectivity index (χ1v) is 9.68. The summed E-state index contributed by atoms with van der Waals surface area (Å²) in [5.74, 6) is -0.301. The van der Waals surface area contributed by atoms with Crippen LogP contribution in [-0.4, -0.2) is 27.6 Å². The van der Waals surface area contributed by atoms with E-state index in [4.69, 9.17) is 4.74 Å². The molecule has 0 fully saturated rings. The van der Waals surface area contributed by atoms with Crippen LogP contribution in [0, 0.1) is 12.8 Å². The molecule has 5 nitrogen and oxygen atoms in total. The number of hydrogen-bond acceptors (Lipinski definition) is 4. The second-order valence-electron chi connectivity index (χ2n) is 8.28. The van der Waals surface area contributed by atoms with Crippen molar-refractivity contribution in [3.8, 4) is 11.5 Å². The van der Waals surface area contributed by atoms with Crippen LogP contribution in [0.25, 0.3) is 6.08 Å². The second kappa shape index (κ2) is 8.63. The second-order valence-corrected chi connectivity index (χ2v) is 8.28. The van der Waals surface area contributed by atoms with Crippen molar-refractivity contribution in [3.05, 3.63) is 40.5 Å². The van der Waals surface area contributed by atoms with Crippen LogP contribution in [0.5, 0.6) is 11.5 Å². The molecule has 0 amide bonds. The molecule has 0 saturated carbocycles. The average Bonchev–Trinajstić information content (AvgIpc) is 2.52. The van der Waals surface area contributed by atoms with Gasteiger partial charge in [-0.25, -0.2) is 4.79 Å². The van der Waals surface area contributed by atoms with E-state index < -0.39 is 11.6 Å². The third kappa shape index (κ3) is 5.24. The number of ketones is 1. The third-order valence-corrected chi connectivity index (χ3v) is 4.90. The van der Waals surface area contributed by atoms with Gasteiger partial charge in [0, 0.05) is 12.8 Å². The fourth-order valence-corrected chi connectivity index (χ4v) is 3.50. The number of hydrogen-bond donors (Lipinski definition) is 2. The lowest BCUT2D eigenvalue weighted by atomic mass is 9.92. The smallest absolute Gasteiger partial charge is 0.339 e. The van der Waals surface area contributed by atoms with Crippen molar-refractivity contribution >= 4 is 17.8 Å². The zero-order chi connectivity index (χ0) is 21.1. The Morgan fingerprint density at radius 1 is 1.32 bits per heavy atom. The van der Waals surface area contributed by atoms with E-state index in [0.717, 1.165) is 12.0 Å². The van der Waals surface area contributed by atoms with Crippen LogP contribution in [0.15, 0.2) is 23.8 Å². The molecule has 0 aromatic heterocycles. The number of Topliss-reactive ketones (excluding diaryl/α,β-unsaturated/α-hetero) is 1. The van der Waals surface area contributed by atoms with Gasteiger partial charge < -0.3 is 14.9 Å². The molecular weight excluding hydrogens is 356 g/mol. The fraction of sp³-hybridized carbons (Fsp3) is 0.478. The molecule has 0 spiro atoms. The predicted molar refractivity (Wildman–Crippen MR) is 110 cm³/mol. The number of aromatic carboxylic acids is 1. The minimum Gasteiger partial charge on any atom is -0.506 e. The van der Waals surface area contributed by atoms with Crippen molar-refractivity contribution in [2.75, 3.05) is 0 Å². The van der Waals surface area contributed by atoms with Gasteiger partial charge in [-0.1, -0.05) is 25.5 Å². The Morgan fingerprint density at radius 2 is 2.00 bits per heavy atom. The fourth-order valence-electron chi connectivity index (χ4n) is 3.50. The summed E-state index contributed by atoms with van der Waals surface area (Å²) in [4.78, 5) is 23.3. The number of carbonyl (C=O) groups is 2. The Bertz CT molecular complexity index is 832. The van der Waals surface area contributed by atoms with E-state index in [9.17, 15) is 19.8 Å². The van der Waals surface area contributed by atoms with Crippen LogP contribution in [0.2, 0.25) is 0 Å². The highest BCUT2D eigenvalue weighted by molar-refractivity contribution is 5.95. The number of benzene rings is 1. The number of rotatable bonds is 8. The predicted octanol–water partition coefficient (Wildman–Crippen LogP) is 5.29. The van der Waals surface area contributed by atoms with Crippen molar-refractivity contribution < 1.29 is 24.5 Å². The van der Waals surface area contributed by atoms with E-state index in [0.29, 0.717) is 42.1 Å². The molecule has 0 unspecified atom stereocenters. The molecule has 1 aromatic carbocycles. The van der Waals surface area contributed by atoms with Crippen LogP contribution < -0.4 is 4.74 Å². The highest BCUT2D eigenvalue weighted by atomic mass is 16.5. The summed E-state index contributed by atoms with van der Waals surface area (Å²) in [6.07, 6.45) is 8.21. The van der Waals surface area contributed by atoms with Gasteiger partial charge in [0.25, 0.3) is 0 Å². The molecule has 1 aliphatic heterocycles. The van der Waals surface area contributed by atoms with Gasteiger partial charge in [0.15, 0.2) is 0 Å². The molecule has 0 bridgehead atoms. The quantitative estimate of drug-likeness (QED) is 0.593. The van der Waals surface area contributed by atoms with Crippen LogP contribution in [0.4, 0.5) is 0 Å². The lowest BCUT2D eigenvalue weighted by molar-refractivity contribution is -0.119. The van der Waals surface area contributed by atoms with E-state index >= 15 is 0 Å². The zero-order valence-corrected chi connectivity index (χ0v) is 17.3. The van der Waals surface area contributed by atoms with Gasteiger partial charge >= 0.3 is 5.97 Å². The normalized spacial score (nSPS) is 18.7. The maximum Gasteiger partial charge on any atom is 0.339 e. The zero-order valence-electron chi connectivity index (χ0n) is 17.3. The molecular formula is C23H30O5. The highest BCUT2D eigenvalue weighted by Crippen LogP contribution is 2.41. The number of carbonyl (C=O) groups excluding carboxylic acids is 1. The molecule has 0 radical (unpaired) electrons. The summed E-state index contributed by atoms with van der Waals surface area (Å²) in [6.45, 7) is 9.66. The largest absolute Gasteiger partial charge is 0.506 e. The summed E-state index contributed by atoms with van der Waals surface area (Å²) in [6, 6.07) is 1.66. The van der Waals surface area contributed by atoms with E-state index in [2.05, 4.69) is 6.08 Å². The number of aryl methyl sites for hydroxylation is 1. The number of carboxylic acids is 1. The lowest BCUT2D eigenvalue weighted by Gasteiger charge is -2.32. The summed E-state index contributed by atoms with van der Waals surface area (Å²) < 4.78 is 6.10. The van der Waals surface area contributed by atoms with E-state index in [1.54, 1.807) is 19.1 Å². The van der Waals surface area contributed by atoms with E-state index in [-0.39, 0.29) is 17.1 Å². The van der Waals surface area contributed by atoms with Crippen LogP contribution in [0.3, 0.4) is 0 Å². The summed E-state index contributed by atoms with van der Waals surface area (Å²) in [7, 11) is 0. The standard InChI is InChI=1S/C23H30O5/c1-14(2)11-17(24)12-15(3)7-6-9-23(5)10-8-18-19(28-23)13-16(4)20(21(18)25)22(26)27/h7-8,10,13-14,25H,6,9,11-12H2,1-5H3,(H,26,27)/t23-/m0/s1. The maximum atomic E-state index is 11.9. The molecule has 0 aliphatic carbocycles. The maximum absolute atomic E-state index is 11.9. The Labute approximate surface area is 166 Å². The van der Waals surface area contributed by atoms with Crippen LogP contribution >= 0.6 is 0 Å². The van der Waals surface area contributed by atoms with Gasteiger partial charge in [-0.3, -0.25) is 4.79 Å². The van der Waals surface area contributed by atoms with Crippen molar-refractivity contribution in [3.63, 3.8) is 0 Å². The number of fused-ring (bicyclic) bond motifs is 1. The summed E-state index contributed by atoms with van der Waals surface area (Å²) in [5, 5.41) is 19.6. The van der Waals surface area contributed by atoms with Gasteiger partial charge in [0.2, 0.25) is 0 Å². The average molecular weight is 386 g/mol. The van der Waals surface area contributed by atoms with Crippen molar-refractivity contribution in [2.45, 2.75) is 65.9 Å².